The quantitative estimate of drug-likeness (QED) is 0.457. The molecule has 2 aromatic rings. The molecule has 7 nitrogen and oxygen atoms in total. The van der Waals surface area contributed by atoms with Crippen LogP contribution in [0.5, 0.6) is 5.75 Å². The number of rotatable bonds is 6. The number of benzene rings is 2. The highest BCUT2D eigenvalue weighted by molar-refractivity contribution is 6.30. The summed E-state index contributed by atoms with van der Waals surface area (Å²) >= 11 is 5.73. The molecule has 0 aliphatic heterocycles. The third-order valence-corrected chi connectivity index (χ3v) is 3.89. The maximum atomic E-state index is 11.8. The lowest BCUT2D eigenvalue weighted by Gasteiger charge is -2.18. The van der Waals surface area contributed by atoms with Crippen molar-refractivity contribution in [3.8, 4) is 5.75 Å². The van der Waals surface area contributed by atoms with Gasteiger partial charge >= 0.3 is 5.69 Å². The number of ether oxygens (including phenoxy) is 1. The summed E-state index contributed by atoms with van der Waals surface area (Å²) in [6, 6.07) is 11.8. The van der Waals surface area contributed by atoms with E-state index in [1.165, 1.54) is 23.9 Å². The van der Waals surface area contributed by atoms with E-state index in [-0.39, 0.29) is 21.9 Å². The molecule has 0 atom stereocenters. The van der Waals surface area contributed by atoms with Gasteiger partial charge in [0.05, 0.1) is 11.1 Å². The van der Waals surface area contributed by atoms with E-state index in [1.807, 2.05) is 24.3 Å². The number of nitro groups is 1. The highest BCUT2D eigenvalue weighted by Crippen LogP contribution is 2.29. The Kier molecular flexibility index (Phi) is 6.52. The molecule has 0 saturated heterocycles. The Morgan fingerprint density at radius 2 is 1.93 bits per heavy atom. The van der Waals surface area contributed by atoms with E-state index in [1.54, 1.807) is 0 Å². The fraction of sp³-hybridized carbons (Fsp3) is 0.263. The van der Waals surface area contributed by atoms with Gasteiger partial charge in [-0.25, -0.2) is 5.43 Å². The van der Waals surface area contributed by atoms with Gasteiger partial charge in [-0.2, -0.15) is 5.10 Å². The van der Waals surface area contributed by atoms with E-state index in [4.69, 9.17) is 16.3 Å². The van der Waals surface area contributed by atoms with Crippen molar-refractivity contribution in [2.24, 2.45) is 5.10 Å². The van der Waals surface area contributed by atoms with E-state index in [0.29, 0.717) is 0 Å². The minimum Gasteiger partial charge on any atom is -0.477 e. The van der Waals surface area contributed by atoms with Crippen molar-refractivity contribution in [3.05, 3.63) is 68.7 Å². The first kappa shape index (κ1) is 20.4. The molecule has 0 heterocycles. The van der Waals surface area contributed by atoms with E-state index in [9.17, 15) is 14.9 Å². The highest BCUT2D eigenvalue weighted by atomic mass is 35.5. The normalized spacial score (nSPS) is 11.4. The molecule has 0 spiro atoms. The van der Waals surface area contributed by atoms with Crippen molar-refractivity contribution in [1.82, 2.24) is 5.43 Å². The zero-order valence-electron chi connectivity index (χ0n) is 15.2. The second-order valence-corrected chi connectivity index (χ2v) is 7.26. The van der Waals surface area contributed by atoms with Gasteiger partial charge in [0.15, 0.2) is 12.4 Å². The Hall–Kier alpha value is -2.93. The van der Waals surface area contributed by atoms with E-state index < -0.39 is 17.4 Å². The Bertz CT molecular complexity index is 858. The number of nitro benzene ring substituents is 1. The molecule has 0 radical (unpaired) electrons. The molecule has 0 aliphatic carbocycles. The highest BCUT2D eigenvalue weighted by Gasteiger charge is 2.16. The maximum absolute atomic E-state index is 11.8. The summed E-state index contributed by atoms with van der Waals surface area (Å²) in [7, 11) is 0. The molecule has 0 aromatic heterocycles. The standard InChI is InChI=1S/C19H20ClN3O4/c1-19(2,3)14-6-4-13(5-7-14)11-21-22-18(24)12-27-17-9-8-15(20)10-16(17)23(25)26/h4-11H,12H2,1-3H3,(H,22,24)/b21-11-. The largest absolute Gasteiger partial charge is 0.477 e. The zero-order chi connectivity index (χ0) is 20.0. The maximum Gasteiger partial charge on any atom is 0.312 e. The minimum absolute atomic E-state index is 0.0405. The van der Waals surface area contributed by atoms with Gasteiger partial charge in [-0.15, -0.1) is 0 Å². The number of nitrogens with zero attached hydrogens (tertiary/aromatic N) is 2. The van der Waals surface area contributed by atoms with Crippen molar-refractivity contribution in [3.63, 3.8) is 0 Å². The topological polar surface area (TPSA) is 93.8 Å². The number of hydrazone groups is 1. The molecule has 8 heteroatoms. The molecule has 142 valence electrons. The lowest BCUT2D eigenvalue weighted by molar-refractivity contribution is -0.385. The Balaban J connectivity index is 1.90. The first-order valence-electron chi connectivity index (χ1n) is 8.16. The molecule has 2 rings (SSSR count). The number of halogens is 1. The second kappa shape index (κ2) is 8.64. The van der Waals surface area contributed by atoms with E-state index in [2.05, 4.69) is 31.3 Å². The summed E-state index contributed by atoms with van der Waals surface area (Å²) in [5, 5.41) is 15.0. The zero-order valence-corrected chi connectivity index (χ0v) is 16.0. The molecule has 0 unspecified atom stereocenters. The van der Waals surface area contributed by atoms with Crippen LogP contribution in [0.15, 0.2) is 47.6 Å². The molecular weight excluding hydrogens is 370 g/mol. The lowest BCUT2D eigenvalue weighted by Crippen LogP contribution is -2.24. The van der Waals surface area contributed by atoms with Crippen LogP contribution >= 0.6 is 11.6 Å². The van der Waals surface area contributed by atoms with E-state index in [0.717, 1.165) is 11.6 Å². The molecule has 0 bridgehead atoms. The van der Waals surface area contributed by atoms with Crippen LogP contribution in [-0.2, 0) is 10.2 Å². The van der Waals surface area contributed by atoms with Crippen molar-refractivity contribution < 1.29 is 14.5 Å². The van der Waals surface area contributed by atoms with Crippen LogP contribution in [0, 0.1) is 10.1 Å². The van der Waals surface area contributed by atoms with Crippen LogP contribution in [0.1, 0.15) is 31.9 Å². The third-order valence-electron chi connectivity index (χ3n) is 3.66. The summed E-state index contributed by atoms with van der Waals surface area (Å²) in [6.45, 7) is 5.97. The number of nitrogens with one attached hydrogen (secondary N) is 1. The fourth-order valence-electron chi connectivity index (χ4n) is 2.18. The van der Waals surface area contributed by atoms with Crippen LogP contribution < -0.4 is 10.2 Å². The predicted molar refractivity (Wildman–Crippen MR) is 104 cm³/mol. The molecule has 0 saturated carbocycles. The van der Waals surface area contributed by atoms with Gasteiger partial charge in [0.2, 0.25) is 0 Å². The third kappa shape index (κ3) is 6.07. The Labute approximate surface area is 162 Å². The Morgan fingerprint density at radius 1 is 1.26 bits per heavy atom. The van der Waals surface area contributed by atoms with Crippen LogP contribution in [0.25, 0.3) is 0 Å². The van der Waals surface area contributed by atoms with Crippen molar-refractivity contribution >= 4 is 29.4 Å². The summed E-state index contributed by atoms with van der Waals surface area (Å²) in [5.74, 6) is -0.580. The number of hydrogen-bond acceptors (Lipinski definition) is 5. The van der Waals surface area contributed by atoms with Crippen molar-refractivity contribution in [1.29, 1.82) is 0 Å². The predicted octanol–water partition coefficient (Wildman–Crippen LogP) is 4.07. The van der Waals surface area contributed by atoms with Crippen LogP contribution in [-0.4, -0.2) is 23.7 Å². The first-order valence-corrected chi connectivity index (χ1v) is 8.54. The van der Waals surface area contributed by atoms with Gasteiger partial charge in [-0.1, -0.05) is 56.6 Å². The molecule has 0 fully saturated rings. The summed E-state index contributed by atoms with van der Waals surface area (Å²) in [6.07, 6.45) is 1.51. The van der Waals surface area contributed by atoms with Crippen LogP contribution in [0.2, 0.25) is 5.02 Å². The number of carbonyl (C=O) groups is 1. The summed E-state index contributed by atoms with van der Waals surface area (Å²) in [4.78, 5) is 22.1. The number of carbonyl (C=O) groups excluding carboxylic acids is 1. The van der Waals surface area contributed by atoms with Crippen LogP contribution in [0.4, 0.5) is 5.69 Å². The molecule has 1 amide bonds. The average Bonchev–Trinajstić information content (AvgIpc) is 2.60. The van der Waals surface area contributed by atoms with E-state index >= 15 is 0 Å². The molecule has 1 N–H and O–H groups in total. The van der Waals surface area contributed by atoms with Crippen molar-refractivity contribution in [2.75, 3.05) is 6.61 Å². The lowest BCUT2D eigenvalue weighted by atomic mass is 9.87. The van der Waals surface area contributed by atoms with Crippen molar-refractivity contribution in [2.45, 2.75) is 26.2 Å². The smallest absolute Gasteiger partial charge is 0.312 e. The summed E-state index contributed by atoms with van der Waals surface area (Å²) < 4.78 is 5.18. The number of amides is 1. The molecule has 2 aromatic carbocycles. The monoisotopic (exact) mass is 389 g/mol. The molecule has 27 heavy (non-hydrogen) atoms. The molecule has 0 aliphatic rings. The average molecular weight is 390 g/mol. The summed E-state index contributed by atoms with van der Waals surface area (Å²) in [5.41, 5.74) is 4.10. The van der Waals surface area contributed by atoms with Gasteiger partial charge in [0.25, 0.3) is 5.91 Å². The fourth-order valence-corrected chi connectivity index (χ4v) is 2.35. The Morgan fingerprint density at radius 3 is 2.52 bits per heavy atom. The second-order valence-electron chi connectivity index (χ2n) is 6.82. The minimum atomic E-state index is -0.626. The van der Waals surface area contributed by atoms with Gasteiger partial charge < -0.3 is 4.74 Å². The van der Waals surface area contributed by atoms with Crippen LogP contribution in [0.3, 0.4) is 0 Å². The van der Waals surface area contributed by atoms with Gasteiger partial charge in [0, 0.05) is 11.1 Å². The first-order chi connectivity index (χ1) is 12.7. The number of hydrogen-bond donors (Lipinski definition) is 1. The van der Waals surface area contributed by atoms with Gasteiger partial charge in [0.1, 0.15) is 0 Å². The SMILES string of the molecule is CC(C)(C)c1ccc(/C=N\NC(=O)COc2ccc(Cl)cc2[N+](=O)[O-])cc1. The molecular formula is C19H20ClN3O4. The van der Waals surface area contributed by atoms with Gasteiger partial charge in [-0.3, -0.25) is 14.9 Å². The van der Waals surface area contributed by atoms with Gasteiger partial charge in [-0.05, 0) is 28.7 Å².